The van der Waals surface area contributed by atoms with Gasteiger partial charge in [0.05, 0.1) is 23.0 Å². The number of aryl methyl sites for hydroxylation is 1. The molecule has 7 nitrogen and oxygen atoms in total. The average molecular weight is 433 g/mol. The molecule has 8 heteroatoms. The number of hydrogen-bond donors (Lipinski definition) is 3. The number of rotatable bonds is 4. The molecule has 0 saturated carbocycles. The molecule has 1 fully saturated rings. The quantitative estimate of drug-likeness (QED) is 0.455. The van der Waals surface area contributed by atoms with Crippen molar-refractivity contribution in [2.45, 2.75) is 19.4 Å². The normalized spacial score (nSPS) is 18.6. The summed E-state index contributed by atoms with van der Waals surface area (Å²) in [5, 5.41) is 4.88. The molecule has 0 radical (unpaired) electrons. The summed E-state index contributed by atoms with van der Waals surface area (Å²) < 4.78 is 0. The smallest absolute Gasteiger partial charge is 0.323 e. The van der Waals surface area contributed by atoms with E-state index in [4.69, 9.17) is 0 Å². The molecule has 4 aromatic rings. The highest BCUT2D eigenvalue weighted by Crippen LogP contribution is 2.43. The van der Waals surface area contributed by atoms with Crippen LogP contribution in [-0.2, 0) is 9.59 Å². The Bertz CT molecular complexity index is 1320. The van der Waals surface area contributed by atoms with Gasteiger partial charge >= 0.3 is 5.69 Å². The lowest BCUT2D eigenvalue weighted by atomic mass is 9.97. The number of nitrogens with one attached hydrogen (secondary N) is 3. The van der Waals surface area contributed by atoms with E-state index in [-0.39, 0.29) is 30.0 Å². The van der Waals surface area contributed by atoms with Gasteiger partial charge in [0.25, 0.3) is 0 Å². The second-order valence-electron chi connectivity index (χ2n) is 7.70. The van der Waals surface area contributed by atoms with E-state index in [2.05, 4.69) is 15.3 Å². The van der Waals surface area contributed by atoms with Crippen LogP contribution in [0.1, 0.15) is 22.9 Å². The number of amides is 2. The number of benzene rings is 2. The highest BCUT2D eigenvalue weighted by atomic mass is 32.1. The SMILES string of the molecule is Cc1ccc(N2C(=O)CC(C(=O)Nc3ccc4[nH]c(=O)[nH]c4c3)C2c2cccs2)cc1. The fourth-order valence-corrected chi connectivity index (χ4v) is 4.99. The Kier molecular flexibility index (Phi) is 4.71. The van der Waals surface area contributed by atoms with E-state index in [1.165, 1.54) is 11.3 Å². The predicted octanol–water partition coefficient (Wildman–Crippen LogP) is 3.96. The third kappa shape index (κ3) is 3.55. The van der Waals surface area contributed by atoms with Gasteiger partial charge in [0.1, 0.15) is 0 Å². The first-order valence-corrected chi connectivity index (χ1v) is 10.8. The number of H-pyrrole nitrogens is 2. The molecule has 2 amide bonds. The highest BCUT2D eigenvalue weighted by Gasteiger charge is 2.45. The van der Waals surface area contributed by atoms with Crippen LogP contribution in [0.4, 0.5) is 11.4 Å². The molecule has 0 aliphatic carbocycles. The second kappa shape index (κ2) is 7.55. The van der Waals surface area contributed by atoms with Crippen molar-refractivity contribution in [1.82, 2.24) is 9.97 Å². The first kappa shape index (κ1) is 19.3. The van der Waals surface area contributed by atoms with Crippen molar-refractivity contribution in [1.29, 1.82) is 0 Å². The minimum absolute atomic E-state index is 0.0761. The van der Waals surface area contributed by atoms with Gasteiger partial charge in [-0.2, -0.15) is 0 Å². The lowest BCUT2D eigenvalue weighted by Gasteiger charge is -2.27. The van der Waals surface area contributed by atoms with E-state index in [1.807, 2.05) is 48.7 Å². The van der Waals surface area contributed by atoms with Crippen LogP contribution < -0.4 is 15.9 Å². The van der Waals surface area contributed by atoms with Crippen LogP contribution >= 0.6 is 11.3 Å². The van der Waals surface area contributed by atoms with Crippen LogP contribution in [0, 0.1) is 12.8 Å². The molecule has 3 heterocycles. The summed E-state index contributed by atoms with van der Waals surface area (Å²) in [4.78, 5) is 45.9. The molecule has 0 bridgehead atoms. The van der Waals surface area contributed by atoms with Crippen LogP contribution in [0.5, 0.6) is 0 Å². The monoisotopic (exact) mass is 432 g/mol. The zero-order chi connectivity index (χ0) is 21.5. The summed E-state index contributed by atoms with van der Waals surface area (Å²) in [6.07, 6.45) is 0.130. The van der Waals surface area contributed by atoms with E-state index in [0.29, 0.717) is 16.7 Å². The van der Waals surface area contributed by atoms with Gasteiger partial charge < -0.3 is 20.2 Å². The number of anilines is 2. The molecule has 1 saturated heterocycles. The molecule has 156 valence electrons. The second-order valence-corrected chi connectivity index (χ2v) is 8.68. The Hall–Kier alpha value is -3.65. The zero-order valence-corrected chi connectivity index (χ0v) is 17.5. The van der Waals surface area contributed by atoms with Gasteiger partial charge in [0, 0.05) is 22.7 Å². The number of imidazole rings is 1. The van der Waals surface area contributed by atoms with Crippen molar-refractivity contribution >= 4 is 45.6 Å². The minimum atomic E-state index is -0.534. The number of carbonyl (C=O) groups is 2. The largest absolute Gasteiger partial charge is 0.326 e. The van der Waals surface area contributed by atoms with Crippen LogP contribution in [0.2, 0.25) is 0 Å². The van der Waals surface area contributed by atoms with Crippen molar-refractivity contribution in [3.63, 3.8) is 0 Å². The van der Waals surface area contributed by atoms with Crippen molar-refractivity contribution in [3.05, 3.63) is 80.9 Å². The third-order valence-corrected chi connectivity index (χ3v) is 6.53. The van der Waals surface area contributed by atoms with E-state index in [9.17, 15) is 14.4 Å². The number of aromatic nitrogens is 2. The summed E-state index contributed by atoms with van der Waals surface area (Å²) in [5.74, 6) is -0.833. The fraction of sp³-hybridized carbons (Fsp3) is 0.174. The van der Waals surface area contributed by atoms with E-state index >= 15 is 0 Å². The van der Waals surface area contributed by atoms with Crippen molar-refractivity contribution in [2.75, 3.05) is 10.2 Å². The molecule has 5 rings (SSSR count). The number of nitrogens with zero attached hydrogens (tertiary/aromatic N) is 1. The van der Waals surface area contributed by atoms with Crippen LogP contribution in [-0.4, -0.2) is 21.8 Å². The van der Waals surface area contributed by atoms with Crippen LogP contribution in [0.3, 0.4) is 0 Å². The van der Waals surface area contributed by atoms with Crippen molar-refractivity contribution in [2.24, 2.45) is 5.92 Å². The van der Waals surface area contributed by atoms with E-state index < -0.39 is 5.92 Å². The summed E-state index contributed by atoms with van der Waals surface area (Å²) in [6, 6.07) is 16.5. The summed E-state index contributed by atoms with van der Waals surface area (Å²) in [6.45, 7) is 2.00. The predicted molar refractivity (Wildman–Crippen MR) is 121 cm³/mol. The number of thiophene rings is 1. The molecule has 2 unspecified atom stereocenters. The minimum Gasteiger partial charge on any atom is -0.326 e. The van der Waals surface area contributed by atoms with Gasteiger partial charge in [-0.1, -0.05) is 23.8 Å². The van der Waals surface area contributed by atoms with Gasteiger partial charge in [-0.3, -0.25) is 9.59 Å². The number of aromatic amines is 2. The molecular weight excluding hydrogens is 412 g/mol. The van der Waals surface area contributed by atoms with Crippen molar-refractivity contribution in [3.8, 4) is 0 Å². The summed E-state index contributed by atoms with van der Waals surface area (Å²) in [5.41, 5.74) is 3.44. The first-order chi connectivity index (χ1) is 15.0. The summed E-state index contributed by atoms with van der Waals surface area (Å²) in [7, 11) is 0. The molecule has 1 aliphatic heterocycles. The maximum absolute atomic E-state index is 13.3. The van der Waals surface area contributed by atoms with Gasteiger partial charge in [-0.15, -0.1) is 11.3 Å². The average Bonchev–Trinajstić information content (AvgIpc) is 3.46. The highest BCUT2D eigenvalue weighted by molar-refractivity contribution is 7.10. The van der Waals surface area contributed by atoms with E-state index in [1.54, 1.807) is 23.1 Å². The Morgan fingerprint density at radius 2 is 1.84 bits per heavy atom. The molecule has 2 aromatic heterocycles. The Morgan fingerprint density at radius 1 is 1.06 bits per heavy atom. The third-order valence-electron chi connectivity index (χ3n) is 5.59. The van der Waals surface area contributed by atoms with Crippen LogP contribution in [0.25, 0.3) is 11.0 Å². The maximum Gasteiger partial charge on any atom is 0.323 e. The Morgan fingerprint density at radius 3 is 2.58 bits per heavy atom. The Balaban J connectivity index is 1.47. The fourth-order valence-electron chi connectivity index (χ4n) is 4.11. The lowest BCUT2D eigenvalue weighted by molar-refractivity contribution is -0.122. The standard InChI is InChI=1S/C23H20N4O3S/c1-13-4-7-15(8-5-13)27-20(28)12-16(21(27)19-3-2-10-31-19)22(29)24-14-6-9-17-18(11-14)26-23(30)25-17/h2-11,16,21H,12H2,1H3,(H,24,29)(H2,25,26,30). The zero-order valence-electron chi connectivity index (χ0n) is 16.7. The molecule has 0 spiro atoms. The van der Waals surface area contributed by atoms with Gasteiger partial charge in [0.15, 0.2) is 0 Å². The molecule has 1 aliphatic rings. The lowest BCUT2D eigenvalue weighted by Crippen LogP contribution is -2.32. The van der Waals surface area contributed by atoms with Gasteiger partial charge in [-0.25, -0.2) is 4.79 Å². The maximum atomic E-state index is 13.3. The van der Waals surface area contributed by atoms with E-state index in [0.717, 1.165) is 16.1 Å². The molecule has 2 aromatic carbocycles. The number of hydrogen-bond acceptors (Lipinski definition) is 4. The van der Waals surface area contributed by atoms with Gasteiger partial charge in [0.2, 0.25) is 11.8 Å². The Labute approximate surface area is 181 Å². The van der Waals surface area contributed by atoms with Gasteiger partial charge in [-0.05, 0) is 48.7 Å². The number of carbonyl (C=O) groups excluding carboxylic acids is 2. The molecule has 2 atom stereocenters. The van der Waals surface area contributed by atoms with Crippen molar-refractivity contribution < 1.29 is 9.59 Å². The first-order valence-electron chi connectivity index (χ1n) is 9.94. The summed E-state index contributed by atoms with van der Waals surface area (Å²) >= 11 is 1.54. The number of fused-ring (bicyclic) bond motifs is 1. The van der Waals surface area contributed by atoms with Crippen LogP contribution in [0.15, 0.2) is 64.8 Å². The molecule has 31 heavy (non-hydrogen) atoms. The molecular formula is C23H20N4O3S. The molecule has 3 N–H and O–H groups in total. The topological polar surface area (TPSA) is 98.1 Å².